The van der Waals surface area contributed by atoms with E-state index in [-0.39, 0.29) is 5.43 Å². The minimum absolute atomic E-state index is 0.110. The molecule has 1 heterocycles. The SMILES string of the molecule is CCC1CCc2c(sc3cc(N(C)S(=O)(=O)c4ccccc4C)ccc3c2=O)C1. The Hall–Kier alpha value is -2.18. The first-order valence-corrected chi connectivity index (χ1v) is 12.2. The van der Waals surface area contributed by atoms with E-state index in [0.29, 0.717) is 27.5 Å². The molecule has 0 N–H and O–H groups in total. The summed E-state index contributed by atoms with van der Waals surface area (Å²) in [5.74, 6) is 0.628. The van der Waals surface area contributed by atoms with Crippen LogP contribution in [0.3, 0.4) is 0 Å². The molecule has 0 amide bonds. The van der Waals surface area contributed by atoms with Crippen molar-refractivity contribution in [1.29, 1.82) is 0 Å². The van der Waals surface area contributed by atoms with Crippen LogP contribution in [-0.2, 0) is 22.9 Å². The Bertz CT molecular complexity index is 1240. The van der Waals surface area contributed by atoms with Crippen molar-refractivity contribution in [2.24, 2.45) is 5.92 Å². The van der Waals surface area contributed by atoms with Crippen LogP contribution in [0.4, 0.5) is 5.69 Å². The van der Waals surface area contributed by atoms with Crippen LogP contribution in [-0.4, -0.2) is 15.5 Å². The number of fused-ring (bicyclic) bond motifs is 2. The van der Waals surface area contributed by atoms with Crippen LogP contribution in [0.25, 0.3) is 10.1 Å². The van der Waals surface area contributed by atoms with Gasteiger partial charge in [-0.15, -0.1) is 11.3 Å². The molecule has 1 aromatic heterocycles. The summed E-state index contributed by atoms with van der Waals surface area (Å²) in [5.41, 5.74) is 2.35. The van der Waals surface area contributed by atoms with Crippen molar-refractivity contribution in [3.8, 4) is 0 Å². The van der Waals surface area contributed by atoms with Gasteiger partial charge in [-0.05, 0) is 61.9 Å². The number of benzene rings is 2. The van der Waals surface area contributed by atoms with Gasteiger partial charge in [0.15, 0.2) is 5.43 Å². The highest BCUT2D eigenvalue weighted by Crippen LogP contribution is 2.34. The van der Waals surface area contributed by atoms with E-state index in [4.69, 9.17) is 0 Å². The fraction of sp³-hybridized carbons (Fsp3) is 0.348. The first-order chi connectivity index (χ1) is 13.8. The molecule has 3 aromatic rings. The molecule has 0 spiro atoms. The van der Waals surface area contributed by atoms with Gasteiger partial charge < -0.3 is 0 Å². The average molecular weight is 428 g/mol. The van der Waals surface area contributed by atoms with Crippen molar-refractivity contribution in [2.75, 3.05) is 11.4 Å². The van der Waals surface area contributed by atoms with Gasteiger partial charge in [0, 0.05) is 27.6 Å². The summed E-state index contributed by atoms with van der Waals surface area (Å²) in [5, 5.41) is 0.689. The maximum atomic E-state index is 13.1. The lowest BCUT2D eigenvalue weighted by Gasteiger charge is -2.23. The molecule has 1 atom stereocenters. The molecule has 2 aromatic carbocycles. The van der Waals surface area contributed by atoms with E-state index < -0.39 is 10.0 Å². The molecule has 4 nitrogen and oxygen atoms in total. The average Bonchev–Trinajstić information content (AvgIpc) is 2.72. The highest BCUT2D eigenvalue weighted by Gasteiger charge is 2.25. The standard InChI is InChI=1S/C23H25NO3S2/c1-4-16-9-11-18-20(13-16)28-21-14-17(10-12-19(21)23(18)25)24(3)29(26,27)22-8-6-5-7-15(22)2/h5-8,10,12,14,16H,4,9,11,13H2,1-3H3. The zero-order valence-corrected chi connectivity index (χ0v) is 18.6. The van der Waals surface area contributed by atoms with Crippen molar-refractivity contribution >= 4 is 37.1 Å². The molecule has 0 saturated heterocycles. The normalized spacial score (nSPS) is 16.6. The predicted octanol–water partition coefficient (Wildman–Crippen LogP) is 4.91. The predicted molar refractivity (Wildman–Crippen MR) is 121 cm³/mol. The quantitative estimate of drug-likeness (QED) is 0.594. The molecule has 4 rings (SSSR count). The summed E-state index contributed by atoms with van der Waals surface area (Å²) in [7, 11) is -2.11. The topological polar surface area (TPSA) is 54.5 Å². The molecule has 0 saturated carbocycles. The van der Waals surface area contributed by atoms with Crippen LogP contribution in [0.1, 0.15) is 35.8 Å². The Morgan fingerprint density at radius 3 is 2.66 bits per heavy atom. The van der Waals surface area contributed by atoms with Crippen LogP contribution in [0, 0.1) is 12.8 Å². The third kappa shape index (κ3) is 3.49. The number of aryl methyl sites for hydroxylation is 1. The lowest BCUT2D eigenvalue weighted by molar-refractivity contribution is 0.448. The zero-order chi connectivity index (χ0) is 20.8. The lowest BCUT2D eigenvalue weighted by atomic mass is 9.87. The summed E-state index contributed by atoms with van der Waals surface area (Å²) >= 11 is 1.64. The summed E-state index contributed by atoms with van der Waals surface area (Å²) < 4.78 is 28.4. The van der Waals surface area contributed by atoms with Crippen LogP contribution >= 0.6 is 11.3 Å². The van der Waals surface area contributed by atoms with Crippen molar-refractivity contribution < 1.29 is 8.42 Å². The second-order valence-corrected chi connectivity index (χ2v) is 10.8. The highest BCUT2D eigenvalue weighted by molar-refractivity contribution is 7.92. The fourth-order valence-corrected chi connectivity index (χ4v) is 6.84. The van der Waals surface area contributed by atoms with Crippen LogP contribution in [0.2, 0.25) is 0 Å². The molecule has 29 heavy (non-hydrogen) atoms. The largest absolute Gasteiger partial charge is 0.289 e. The molecular formula is C23H25NO3S2. The zero-order valence-electron chi connectivity index (χ0n) is 16.9. The maximum Gasteiger partial charge on any atom is 0.264 e. The van der Waals surface area contributed by atoms with E-state index in [1.165, 1.54) is 9.18 Å². The minimum atomic E-state index is -3.67. The lowest BCUT2D eigenvalue weighted by Crippen LogP contribution is -2.27. The number of sulfonamides is 1. The van der Waals surface area contributed by atoms with Gasteiger partial charge in [-0.25, -0.2) is 8.42 Å². The Balaban J connectivity index is 1.80. The van der Waals surface area contributed by atoms with Gasteiger partial charge in [-0.2, -0.15) is 0 Å². The monoisotopic (exact) mass is 427 g/mol. The first kappa shape index (κ1) is 20.1. The summed E-state index contributed by atoms with van der Waals surface area (Å²) in [6.45, 7) is 3.99. The number of rotatable bonds is 4. The number of nitrogens with zero attached hydrogens (tertiary/aromatic N) is 1. The Morgan fingerprint density at radius 2 is 1.93 bits per heavy atom. The molecule has 152 valence electrons. The Morgan fingerprint density at radius 1 is 1.17 bits per heavy atom. The molecule has 0 radical (unpaired) electrons. The van der Waals surface area contributed by atoms with E-state index >= 15 is 0 Å². The molecule has 1 unspecified atom stereocenters. The number of anilines is 1. The highest BCUT2D eigenvalue weighted by atomic mass is 32.2. The van der Waals surface area contributed by atoms with Gasteiger partial charge in [0.25, 0.3) is 10.0 Å². The van der Waals surface area contributed by atoms with Crippen molar-refractivity contribution in [3.63, 3.8) is 0 Å². The fourth-order valence-electron chi connectivity index (χ4n) is 4.07. The van der Waals surface area contributed by atoms with E-state index in [2.05, 4.69) is 6.92 Å². The van der Waals surface area contributed by atoms with Crippen molar-refractivity contribution in [2.45, 2.75) is 44.4 Å². The number of hydrogen-bond acceptors (Lipinski definition) is 4. The first-order valence-electron chi connectivity index (χ1n) is 9.96. The van der Waals surface area contributed by atoms with E-state index in [0.717, 1.165) is 35.9 Å². The van der Waals surface area contributed by atoms with Gasteiger partial charge in [0.05, 0.1) is 10.6 Å². The molecule has 0 bridgehead atoms. The molecule has 6 heteroatoms. The maximum absolute atomic E-state index is 13.1. The molecule has 1 aliphatic rings. The second kappa shape index (κ2) is 7.58. The molecular weight excluding hydrogens is 402 g/mol. The smallest absolute Gasteiger partial charge is 0.264 e. The minimum Gasteiger partial charge on any atom is -0.289 e. The third-order valence-electron chi connectivity index (χ3n) is 6.00. The van der Waals surface area contributed by atoms with E-state index in [1.807, 2.05) is 12.1 Å². The second-order valence-electron chi connectivity index (χ2n) is 7.77. The van der Waals surface area contributed by atoms with Gasteiger partial charge >= 0.3 is 0 Å². The van der Waals surface area contributed by atoms with Gasteiger partial charge in [0.2, 0.25) is 0 Å². The molecule has 1 aliphatic carbocycles. The summed E-state index contributed by atoms with van der Waals surface area (Å²) in [6.07, 6.45) is 3.99. The summed E-state index contributed by atoms with van der Waals surface area (Å²) in [4.78, 5) is 14.5. The Labute approximate surface area is 175 Å². The van der Waals surface area contributed by atoms with Gasteiger partial charge in [-0.3, -0.25) is 9.10 Å². The third-order valence-corrected chi connectivity index (χ3v) is 9.17. The molecule has 0 fully saturated rings. The van der Waals surface area contributed by atoms with Crippen LogP contribution in [0.5, 0.6) is 0 Å². The summed E-state index contributed by atoms with van der Waals surface area (Å²) in [6, 6.07) is 12.3. The van der Waals surface area contributed by atoms with Crippen LogP contribution < -0.4 is 9.73 Å². The van der Waals surface area contributed by atoms with E-state index in [1.54, 1.807) is 55.6 Å². The van der Waals surface area contributed by atoms with Crippen molar-refractivity contribution in [1.82, 2.24) is 0 Å². The number of hydrogen-bond donors (Lipinski definition) is 0. The van der Waals surface area contributed by atoms with Gasteiger partial charge in [0.1, 0.15) is 0 Å². The van der Waals surface area contributed by atoms with E-state index in [9.17, 15) is 13.2 Å². The Kier molecular flexibility index (Phi) is 5.25. The van der Waals surface area contributed by atoms with Gasteiger partial charge in [-0.1, -0.05) is 31.5 Å². The van der Waals surface area contributed by atoms with Crippen LogP contribution in [0.15, 0.2) is 52.2 Å². The van der Waals surface area contributed by atoms with Crippen molar-refractivity contribution in [3.05, 3.63) is 68.7 Å². The molecule has 0 aliphatic heterocycles.